The van der Waals surface area contributed by atoms with Crippen LogP contribution < -0.4 is 5.56 Å². The molecule has 0 radical (unpaired) electrons. The molecule has 0 bridgehead atoms. The van der Waals surface area contributed by atoms with Gasteiger partial charge in [-0.05, 0) is 23.9 Å². The monoisotopic (exact) mass is 257 g/mol. The van der Waals surface area contributed by atoms with Crippen molar-refractivity contribution in [3.05, 3.63) is 46.8 Å². The molecule has 0 unspecified atom stereocenters. The van der Waals surface area contributed by atoms with Gasteiger partial charge in [0.1, 0.15) is 0 Å². The van der Waals surface area contributed by atoms with Crippen molar-refractivity contribution in [3.8, 4) is 0 Å². The Morgan fingerprint density at radius 3 is 2.47 bits per heavy atom. The zero-order valence-corrected chi connectivity index (χ0v) is 11.8. The minimum atomic E-state index is 0.118. The van der Waals surface area contributed by atoms with Crippen molar-refractivity contribution in [3.63, 3.8) is 0 Å². The molecule has 2 aromatic rings. The van der Waals surface area contributed by atoms with Gasteiger partial charge in [0.05, 0.1) is 5.52 Å². The molecule has 0 aliphatic rings. The molecular weight excluding hydrogens is 234 g/mol. The summed E-state index contributed by atoms with van der Waals surface area (Å²) in [6.45, 7) is 3.07. The fraction of sp³-hybridized carbons (Fsp3) is 0.471. The van der Waals surface area contributed by atoms with Crippen molar-refractivity contribution >= 4 is 10.9 Å². The summed E-state index contributed by atoms with van der Waals surface area (Å²) in [5.41, 5.74) is 1.18. The summed E-state index contributed by atoms with van der Waals surface area (Å²) in [6.07, 6.45) is 7.53. The molecule has 0 fully saturated rings. The number of benzene rings is 1. The molecule has 2 heteroatoms. The van der Waals surface area contributed by atoms with Gasteiger partial charge in [-0.15, -0.1) is 0 Å². The van der Waals surface area contributed by atoms with Gasteiger partial charge in [0.25, 0.3) is 5.56 Å². The SMILES string of the molecule is CCCCCCCCn1c(=O)ccc2ccccc21. The average molecular weight is 257 g/mol. The van der Waals surface area contributed by atoms with E-state index in [2.05, 4.69) is 13.0 Å². The number of hydrogen-bond donors (Lipinski definition) is 0. The molecule has 0 aliphatic heterocycles. The van der Waals surface area contributed by atoms with E-state index in [1.807, 2.05) is 28.8 Å². The molecule has 2 nitrogen and oxygen atoms in total. The fourth-order valence-corrected chi connectivity index (χ4v) is 2.52. The molecule has 102 valence electrons. The van der Waals surface area contributed by atoms with Crippen LogP contribution >= 0.6 is 0 Å². The van der Waals surface area contributed by atoms with Crippen molar-refractivity contribution in [2.24, 2.45) is 0 Å². The molecule has 0 aliphatic carbocycles. The predicted octanol–water partition coefficient (Wildman–Crippen LogP) is 4.36. The number of nitrogens with zero attached hydrogens (tertiary/aromatic N) is 1. The first-order valence-corrected chi connectivity index (χ1v) is 7.41. The molecular formula is C17H23NO. The Balaban J connectivity index is 2.00. The summed E-state index contributed by atoms with van der Waals surface area (Å²) in [5, 5.41) is 1.15. The van der Waals surface area contributed by atoms with E-state index in [0.29, 0.717) is 0 Å². The molecule has 0 spiro atoms. The molecule has 0 amide bonds. The van der Waals surface area contributed by atoms with E-state index in [1.54, 1.807) is 6.07 Å². The summed E-state index contributed by atoms with van der Waals surface area (Å²) in [5.74, 6) is 0. The molecule has 2 rings (SSSR count). The van der Waals surface area contributed by atoms with E-state index in [0.717, 1.165) is 23.9 Å². The lowest BCUT2D eigenvalue weighted by atomic mass is 10.1. The van der Waals surface area contributed by atoms with Gasteiger partial charge >= 0.3 is 0 Å². The van der Waals surface area contributed by atoms with E-state index >= 15 is 0 Å². The van der Waals surface area contributed by atoms with Crippen molar-refractivity contribution in [2.75, 3.05) is 0 Å². The molecule has 0 saturated carbocycles. The Hall–Kier alpha value is -1.57. The van der Waals surface area contributed by atoms with Gasteiger partial charge in [-0.1, -0.05) is 57.2 Å². The summed E-state index contributed by atoms with van der Waals surface area (Å²) < 4.78 is 1.91. The van der Waals surface area contributed by atoms with Crippen LogP contribution in [0.2, 0.25) is 0 Å². The lowest BCUT2D eigenvalue weighted by Gasteiger charge is -2.09. The molecule has 1 aromatic carbocycles. The van der Waals surface area contributed by atoms with Gasteiger partial charge in [-0.2, -0.15) is 0 Å². The van der Waals surface area contributed by atoms with Crippen LogP contribution in [0.15, 0.2) is 41.2 Å². The molecule has 1 heterocycles. The highest BCUT2D eigenvalue weighted by molar-refractivity contribution is 5.78. The summed E-state index contributed by atoms with van der Waals surface area (Å²) in [4.78, 5) is 12.0. The second-order valence-electron chi connectivity index (χ2n) is 5.15. The zero-order chi connectivity index (χ0) is 13.5. The molecule has 0 N–H and O–H groups in total. The van der Waals surface area contributed by atoms with Gasteiger partial charge in [-0.25, -0.2) is 0 Å². The largest absolute Gasteiger partial charge is 0.308 e. The zero-order valence-electron chi connectivity index (χ0n) is 11.8. The first-order chi connectivity index (χ1) is 9.33. The Morgan fingerprint density at radius 2 is 1.63 bits per heavy atom. The van der Waals surface area contributed by atoms with Crippen LogP contribution in [0.1, 0.15) is 45.4 Å². The number of aromatic nitrogens is 1. The maximum absolute atomic E-state index is 12.0. The number of unbranched alkanes of at least 4 members (excludes halogenated alkanes) is 5. The molecule has 0 atom stereocenters. The third-order valence-electron chi connectivity index (χ3n) is 3.63. The van der Waals surface area contributed by atoms with E-state index < -0.39 is 0 Å². The van der Waals surface area contributed by atoms with Crippen molar-refractivity contribution < 1.29 is 0 Å². The molecule has 19 heavy (non-hydrogen) atoms. The van der Waals surface area contributed by atoms with Crippen LogP contribution in [0.5, 0.6) is 0 Å². The first kappa shape index (κ1) is 13.9. The minimum absolute atomic E-state index is 0.118. The van der Waals surface area contributed by atoms with E-state index in [-0.39, 0.29) is 5.56 Å². The Bertz CT molecular complexity index is 571. The van der Waals surface area contributed by atoms with Crippen LogP contribution in [-0.4, -0.2) is 4.57 Å². The van der Waals surface area contributed by atoms with Crippen LogP contribution in [0.4, 0.5) is 0 Å². The normalized spacial score (nSPS) is 11.0. The van der Waals surface area contributed by atoms with E-state index in [4.69, 9.17) is 0 Å². The lowest BCUT2D eigenvalue weighted by molar-refractivity contribution is 0.558. The third kappa shape index (κ3) is 3.69. The lowest BCUT2D eigenvalue weighted by Crippen LogP contribution is -2.19. The smallest absolute Gasteiger partial charge is 0.251 e. The van der Waals surface area contributed by atoms with Crippen LogP contribution in [-0.2, 0) is 6.54 Å². The van der Waals surface area contributed by atoms with Crippen LogP contribution in [0.25, 0.3) is 10.9 Å². The van der Waals surface area contributed by atoms with Crippen molar-refractivity contribution in [1.82, 2.24) is 4.57 Å². The Morgan fingerprint density at radius 1 is 0.895 bits per heavy atom. The molecule has 1 aromatic heterocycles. The fourth-order valence-electron chi connectivity index (χ4n) is 2.52. The third-order valence-corrected chi connectivity index (χ3v) is 3.63. The minimum Gasteiger partial charge on any atom is -0.308 e. The quantitative estimate of drug-likeness (QED) is 0.675. The number of pyridine rings is 1. The number of hydrogen-bond acceptors (Lipinski definition) is 1. The highest BCUT2D eigenvalue weighted by Gasteiger charge is 2.01. The second-order valence-corrected chi connectivity index (χ2v) is 5.15. The van der Waals surface area contributed by atoms with Gasteiger partial charge in [0.15, 0.2) is 0 Å². The standard InChI is InChI=1S/C17H23NO/c1-2-3-4-5-6-9-14-18-16-11-8-7-10-15(16)12-13-17(18)19/h7-8,10-13H,2-6,9,14H2,1H3. The molecule has 0 saturated heterocycles. The van der Waals surface area contributed by atoms with Gasteiger partial charge in [-0.3, -0.25) is 4.79 Å². The first-order valence-electron chi connectivity index (χ1n) is 7.41. The maximum Gasteiger partial charge on any atom is 0.251 e. The van der Waals surface area contributed by atoms with Gasteiger partial charge in [0.2, 0.25) is 0 Å². The van der Waals surface area contributed by atoms with E-state index in [9.17, 15) is 4.79 Å². The summed E-state index contributed by atoms with van der Waals surface area (Å²) >= 11 is 0. The van der Waals surface area contributed by atoms with Crippen molar-refractivity contribution in [2.45, 2.75) is 52.0 Å². The summed E-state index contributed by atoms with van der Waals surface area (Å²) in [6, 6.07) is 11.7. The number of para-hydroxylation sites is 1. The summed E-state index contributed by atoms with van der Waals surface area (Å²) in [7, 11) is 0. The Kier molecular flexibility index (Phi) is 5.20. The second kappa shape index (κ2) is 7.13. The highest BCUT2D eigenvalue weighted by Crippen LogP contribution is 2.12. The topological polar surface area (TPSA) is 22.0 Å². The maximum atomic E-state index is 12.0. The number of fused-ring (bicyclic) bond motifs is 1. The van der Waals surface area contributed by atoms with Crippen LogP contribution in [0, 0.1) is 0 Å². The highest BCUT2D eigenvalue weighted by atomic mass is 16.1. The van der Waals surface area contributed by atoms with Crippen molar-refractivity contribution in [1.29, 1.82) is 0 Å². The van der Waals surface area contributed by atoms with Crippen LogP contribution in [0.3, 0.4) is 0 Å². The van der Waals surface area contributed by atoms with Gasteiger partial charge in [0, 0.05) is 12.6 Å². The number of rotatable bonds is 7. The Labute approximate surface area is 115 Å². The van der Waals surface area contributed by atoms with E-state index in [1.165, 1.54) is 32.1 Å². The number of aryl methyl sites for hydroxylation is 1. The van der Waals surface area contributed by atoms with Gasteiger partial charge < -0.3 is 4.57 Å². The predicted molar refractivity (Wildman–Crippen MR) is 81.6 cm³/mol. The average Bonchev–Trinajstić information content (AvgIpc) is 2.44.